The fraction of sp³-hybridized carbons (Fsp3) is 0.227. The highest BCUT2D eigenvalue weighted by molar-refractivity contribution is 6.33. The molecule has 2 N–H and O–H groups in total. The lowest BCUT2D eigenvalue weighted by atomic mass is 10.1. The largest absolute Gasteiger partial charge is 0.331 e. The lowest BCUT2D eigenvalue weighted by Gasteiger charge is -2.37. The number of hydrogen-bond donors (Lipinski definition) is 2. The molecule has 2 aromatic carbocycles. The number of carbonyl (C=O) groups excluding carboxylic acids is 3. The number of hydrazine groups is 1. The zero-order chi connectivity index (χ0) is 23.0. The summed E-state index contributed by atoms with van der Waals surface area (Å²) in [5, 5.41) is 4.66. The number of fused-ring (bicyclic) bond motifs is 1. The van der Waals surface area contributed by atoms with Crippen LogP contribution in [-0.2, 0) is 16.1 Å². The standard InChI is InChI=1S/C22H21ClFN5O3/c1-13-3-8-17(16(23)9-13)25-19(30)12-28-18-11-27(2)26-20(18)21(31)29(22(28)32)10-14-4-6-15(24)7-5-14/h3-9,11,20,26H,10,12H2,1-2H3,(H,25,30). The van der Waals surface area contributed by atoms with Crippen LogP contribution in [0.1, 0.15) is 11.1 Å². The van der Waals surface area contributed by atoms with Crippen molar-refractivity contribution in [1.29, 1.82) is 0 Å². The second-order valence-electron chi connectivity index (χ2n) is 7.68. The molecule has 10 heteroatoms. The molecule has 0 aliphatic carbocycles. The number of hydrogen-bond acceptors (Lipinski definition) is 5. The number of benzene rings is 2. The van der Waals surface area contributed by atoms with Gasteiger partial charge in [-0.3, -0.25) is 19.4 Å². The summed E-state index contributed by atoms with van der Waals surface area (Å²) in [6.45, 7) is 1.52. The predicted molar refractivity (Wildman–Crippen MR) is 117 cm³/mol. The smallest absolute Gasteiger partial charge is 0.323 e. The summed E-state index contributed by atoms with van der Waals surface area (Å²) in [6, 6.07) is 9.31. The molecule has 1 fully saturated rings. The Morgan fingerprint density at radius 1 is 1.16 bits per heavy atom. The van der Waals surface area contributed by atoms with Crippen molar-refractivity contribution in [3.05, 3.63) is 76.3 Å². The number of nitrogens with zero attached hydrogens (tertiary/aromatic N) is 3. The van der Waals surface area contributed by atoms with E-state index in [1.807, 2.05) is 13.0 Å². The molecular formula is C22H21ClFN5O3. The number of halogens is 2. The van der Waals surface area contributed by atoms with Gasteiger partial charge in [-0.25, -0.2) is 14.6 Å². The van der Waals surface area contributed by atoms with Gasteiger partial charge in [-0.05, 0) is 42.3 Å². The molecule has 0 spiro atoms. The third-order valence-electron chi connectivity index (χ3n) is 5.20. The van der Waals surface area contributed by atoms with Gasteiger partial charge in [0.05, 0.1) is 23.0 Å². The molecule has 2 aromatic rings. The maximum absolute atomic E-state index is 13.2. The van der Waals surface area contributed by atoms with Crippen molar-refractivity contribution in [3.63, 3.8) is 0 Å². The lowest BCUT2D eigenvalue weighted by Crippen LogP contribution is -2.60. The number of carbonyl (C=O) groups is 3. The Balaban J connectivity index is 1.56. The molecule has 1 saturated heterocycles. The molecule has 2 heterocycles. The Morgan fingerprint density at radius 3 is 2.56 bits per heavy atom. The van der Waals surface area contributed by atoms with Crippen molar-refractivity contribution in [2.45, 2.75) is 19.5 Å². The Kier molecular flexibility index (Phi) is 5.86. The number of aryl methyl sites for hydroxylation is 1. The van der Waals surface area contributed by atoms with Crippen LogP contribution in [0.5, 0.6) is 0 Å². The normalized spacial score (nSPS) is 18.1. The van der Waals surface area contributed by atoms with Crippen LogP contribution >= 0.6 is 11.6 Å². The van der Waals surface area contributed by atoms with Crippen molar-refractivity contribution in [2.75, 3.05) is 18.9 Å². The van der Waals surface area contributed by atoms with Crippen molar-refractivity contribution in [1.82, 2.24) is 20.2 Å². The van der Waals surface area contributed by atoms with Crippen LogP contribution < -0.4 is 10.7 Å². The predicted octanol–water partition coefficient (Wildman–Crippen LogP) is 2.85. The van der Waals surface area contributed by atoms with Crippen LogP contribution in [0.2, 0.25) is 5.02 Å². The van der Waals surface area contributed by atoms with Crippen LogP contribution in [0, 0.1) is 12.7 Å². The average molecular weight is 458 g/mol. The van der Waals surface area contributed by atoms with E-state index in [1.165, 1.54) is 29.2 Å². The molecule has 4 amide bonds. The van der Waals surface area contributed by atoms with E-state index < -0.39 is 29.7 Å². The molecule has 2 aliphatic heterocycles. The minimum absolute atomic E-state index is 0.0466. The van der Waals surface area contributed by atoms with E-state index in [0.29, 0.717) is 22.0 Å². The van der Waals surface area contributed by atoms with Gasteiger partial charge in [0, 0.05) is 13.2 Å². The summed E-state index contributed by atoms with van der Waals surface area (Å²) in [4.78, 5) is 41.3. The Bertz CT molecular complexity index is 1120. The summed E-state index contributed by atoms with van der Waals surface area (Å²) in [7, 11) is 1.69. The molecule has 0 radical (unpaired) electrons. The summed E-state index contributed by atoms with van der Waals surface area (Å²) < 4.78 is 13.2. The average Bonchev–Trinajstić information content (AvgIpc) is 3.14. The fourth-order valence-electron chi connectivity index (χ4n) is 3.63. The van der Waals surface area contributed by atoms with Gasteiger partial charge < -0.3 is 10.3 Å². The molecule has 166 valence electrons. The zero-order valence-electron chi connectivity index (χ0n) is 17.4. The van der Waals surface area contributed by atoms with Crippen LogP contribution in [0.15, 0.2) is 54.4 Å². The molecule has 0 aromatic heterocycles. The number of imide groups is 1. The van der Waals surface area contributed by atoms with Crippen LogP contribution in [-0.4, -0.2) is 52.3 Å². The van der Waals surface area contributed by atoms with Gasteiger partial charge in [-0.15, -0.1) is 0 Å². The van der Waals surface area contributed by atoms with Gasteiger partial charge >= 0.3 is 6.03 Å². The van der Waals surface area contributed by atoms with Crippen molar-refractivity contribution >= 4 is 35.1 Å². The third kappa shape index (κ3) is 4.30. The molecule has 1 atom stereocenters. The monoisotopic (exact) mass is 457 g/mol. The van der Waals surface area contributed by atoms with Gasteiger partial charge in [0.2, 0.25) is 5.91 Å². The minimum atomic E-state index is -0.811. The molecule has 2 aliphatic rings. The van der Waals surface area contributed by atoms with E-state index >= 15 is 0 Å². The Labute approximate surface area is 189 Å². The van der Waals surface area contributed by atoms with Crippen molar-refractivity contribution in [3.8, 4) is 0 Å². The van der Waals surface area contributed by atoms with E-state index in [2.05, 4.69) is 10.7 Å². The number of amides is 4. The van der Waals surface area contributed by atoms with E-state index in [4.69, 9.17) is 11.6 Å². The van der Waals surface area contributed by atoms with Gasteiger partial charge in [-0.1, -0.05) is 29.8 Å². The highest BCUT2D eigenvalue weighted by Crippen LogP contribution is 2.28. The first-order valence-corrected chi connectivity index (χ1v) is 10.2. The third-order valence-corrected chi connectivity index (χ3v) is 5.51. The maximum atomic E-state index is 13.2. The number of urea groups is 1. The zero-order valence-corrected chi connectivity index (χ0v) is 18.2. The molecule has 32 heavy (non-hydrogen) atoms. The summed E-state index contributed by atoms with van der Waals surface area (Å²) in [5.41, 5.74) is 5.30. The highest BCUT2D eigenvalue weighted by atomic mass is 35.5. The van der Waals surface area contributed by atoms with Gasteiger partial charge in [0.15, 0.2) is 0 Å². The van der Waals surface area contributed by atoms with E-state index in [9.17, 15) is 18.8 Å². The molecule has 8 nitrogen and oxygen atoms in total. The highest BCUT2D eigenvalue weighted by Gasteiger charge is 2.46. The molecule has 4 rings (SSSR count). The maximum Gasteiger partial charge on any atom is 0.331 e. The number of anilines is 1. The van der Waals surface area contributed by atoms with Crippen molar-refractivity contribution in [2.24, 2.45) is 0 Å². The van der Waals surface area contributed by atoms with Crippen molar-refractivity contribution < 1.29 is 18.8 Å². The van der Waals surface area contributed by atoms with Gasteiger partial charge in [-0.2, -0.15) is 0 Å². The SMILES string of the molecule is Cc1ccc(NC(=O)CN2C(=O)N(Cc3ccc(F)cc3)C(=O)C3NN(C)C=C32)c(Cl)c1. The first-order chi connectivity index (χ1) is 15.2. The summed E-state index contributed by atoms with van der Waals surface area (Å²) >= 11 is 6.19. The first-order valence-electron chi connectivity index (χ1n) is 9.87. The van der Waals surface area contributed by atoms with E-state index in [0.717, 1.165) is 10.5 Å². The van der Waals surface area contributed by atoms with Gasteiger partial charge in [0.25, 0.3) is 5.91 Å². The van der Waals surface area contributed by atoms with Gasteiger partial charge in [0.1, 0.15) is 18.4 Å². The van der Waals surface area contributed by atoms with Crippen LogP contribution in [0.25, 0.3) is 0 Å². The lowest BCUT2D eigenvalue weighted by molar-refractivity contribution is -0.133. The summed E-state index contributed by atoms with van der Waals surface area (Å²) in [5.74, 6) is -1.33. The molecule has 1 unspecified atom stereocenters. The molecular weight excluding hydrogens is 437 g/mol. The Hall–Kier alpha value is -3.43. The first kappa shape index (κ1) is 21.8. The van der Waals surface area contributed by atoms with Crippen LogP contribution in [0.4, 0.5) is 14.9 Å². The summed E-state index contributed by atoms with van der Waals surface area (Å²) in [6.07, 6.45) is 1.60. The van der Waals surface area contributed by atoms with Crippen LogP contribution in [0.3, 0.4) is 0 Å². The molecule has 0 saturated carbocycles. The Morgan fingerprint density at radius 2 is 1.88 bits per heavy atom. The number of rotatable bonds is 5. The minimum Gasteiger partial charge on any atom is -0.323 e. The second-order valence-corrected chi connectivity index (χ2v) is 8.09. The quantitative estimate of drug-likeness (QED) is 0.721. The van der Waals surface area contributed by atoms with E-state index in [1.54, 1.807) is 30.4 Å². The molecule has 0 bridgehead atoms. The number of nitrogens with one attached hydrogen (secondary N) is 2. The van der Waals surface area contributed by atoms with E-state index in [-0.39, 0.29) is 13.1 Å². The second kappa shape index (κ2) is 8.60. The topological polar surface area (TPSA) is 85.0 Å². The fourth-order valence-corrected chi connectivity index (χ4v) is 3.91.